The van der Waals surface area contributed by atoms with Crippen LogP contribution in [0.2, 0.25) is 0 Å². The van der Waals surface area contributed by atoms with Gasteiger partial charge in [0.15, 0.2) is 0 Å². The van der Waals surface area contributed by atoms with Crippen molar-refractivity contribution in [2.45, 2.75) is 38.5 Å². The molecule has 0 aromatic rings. The topological polar surface area (TPSA) is 69.6 Å². The number of likely N-dealkylation sites (tertiary alicyclic amines) is 1. The van der Waals surface area contributed by atoms with Gasteiger partial charge in [0.1, 0.15) is 0 Å². The van der Waals surface area contributed by atoms with Crippen molar-refractivity contribution in [2.75, 3.05) is 13.1 Å². The highest BCUT2D eigenvalue weighted by molar-refractivity contribution is 5.77. The third-order valence-electron chi connectivity index (χ3n) is 3.63. The Kier molecular flexibility index (Phi) is 4.23. The quantitative estimate of drug-likeness (QED) is 0.806. The average Bonchev–Trinajstić information content (AvgIpc) is 2.37. The minimum atomic E-state index is -0.885. The number of urea groups is 1. The van der Waals surface area contributed by atoms with Crippen LogP contribution in [0, 0.1) is 5.92 Å². The Hall–Kier alpha value is -1.52. The monoisotopic (exact) mass is 252 g/mol. The number of nitrogens with zero attached hydrogens (tertiary/aromatic N) is 1. The highest BCUT2D eigenvalue weighted by Gasteiger charge is 2.29. The number of carbonyl (C=O) groups is 2. The number of carbonyl (C=O) groups excluding carboxylic acids is 1. The fourth-order valence-corrected chi connectivity index (χ4v) is 2.77. The average molecular weight is 252 g/mol. The maximum absolute atomic E-state index is 12.0. The summed E-state index contributed by atoms with van der Waals surface area (Å²) in [6.45, 7) is 0.948. The summed E-state index contributed by atoms with van der Waals surface area (Å²) in [6.07, 6.45) is 7.78. The van der Waals surface area contributed by atoms with Crippen LogP contribution in [-0.2, 0) is 4.79 Å². The first-order valence-electron chi connectivity index (χ1n) is 6.65. The molecule has 1 aliphatic heterocycles. The molecule has 1 heterocycles. The van der Waals surface area contributed by atoms with Crippen molar-refractivity contribution >= 4 is 12.0 Å². The van der Waals surface area contributed by atoms with Crippen molar-refractivity contribution in [3.05, 3.63) is 11.8 Å². The molecule has 0 bridgehead atoms. The van der Waals surface area contributed by atoms with E-state index in [-0.39, 0.29) is 19.0 Å². The van der Waals surface area contributed by atoms with E-state index >= 15 is 0 Å². The van der Waals surface area contributed by atoms with Crippen molar-refractivity contribution in [1.82, 2.24) is 10.2 Å². The lowest BCUT2D eigenvalue weighted by molar-refractivity contribution is -0.136. The number of allylic oxidation sites excluding steroid dienone is 2. The van der Waals surface area contributed by atoms with Gasteiger partial charge in [-0.1, -0.05) is 6.08 Å². The molecule has 1 fully saturated rings. The molecule has 0 saturated carbocycles. The fraction of sp³-hybridized carbons (Fsp3) is 0.692. The van der Waals surface area contributed by atoms with E-state index in [0.29, 0.717) is 5.92 Å². The summed E-state index contributed by atoms with van der Waals surface area (Å²) in [7, 11) is 0. The van der Waals surface area contributed by atoms with Crippen molar-refractivity contribution in [1.29, 1.82) is 0 Å². The minimum Gasteiger partial charge on any atom is -0.481 e. The number of carboxylic acid groups (broad SMARTS) is 1. The van der Waals surface area contributed by atoms with E-state index in [1.165, 1.54) is 19.3 Å². The lowest BCUT2D eigenvalue weighted by atomic mass is 9.85. The number of amides is 2. The van der Waals surface area contributed by atoms with Gasteiger partial charge in [-0.2, -0.15) is 0 Å². The zero-order valence-electron chi connectivity index (χ0n) is 10.5. The van der Waals surface area contributed by atoms with Crippen LogP contribution in [0.3, 0.4) is 0 Å². The summed E-state index contributed by atoms with van der Waals surface area (Å²) < 4.78 is 0. The lowest BCUT2D eigenvalue weighted by Gasteiger charge is -2.37. The zero-order chi connectivity index (χ0) is 13.0. The molecule has 1 aliphatic carbocycles. The van der Waals surface area contributed by atoms with Gasteiger partial charge in [0.05, 0.1) is 6.42 Å². The fourth-order valence-electron chi connectivity index (χ4n) is 2.77. The van der Waals surface area contributed by atoms with Gasteiger partial charge in [-0.05, 0) is 38.0 Å². The van der Waals surface area contributed by atoms with Crippen LogP contribution < -0.4 is 5.32 Å². The number of rotatable bonds is 3. The molecule has 0 aromatic heterocycles. The molecule has 2 N–H and O–H groups in total. The molecule has 0 spiro atoms. The molecular weight excluding hydrogens is 232 g/mol. The molecule has 5 heteroatoms. The Balaban J connectivity index is 1.92. The molecule has 0 radical (unpaired) electrons. The van der Waals surface area contributed by atoms with E-state index in [2.05, 4.69) is 11.4 Å². The first kappa shape index (κ1) is 12.9. The molecule has 0 aromatic carbocycles. The molecule has 1 unspecified atom stereocenters. The smallest absolute Gasteiger partial charge is 0.321 e. The van der Waals surface area contributed by atoms with Crippen LogP contribution in [0.25, 0.3) is 0 Å². The van der Waals surface area contributed by atoms with Gasteiger partial charge in [-0.15, -0.1) is 0 Å². The second-order valence-corrected chi connectivity index (χ2v) is 4.93. The van der Waals surface area contributed by atoms with Gasteiger partial charge in [0.2, 0.25) is 0 Å². The number of nitrogens with one attached hydrogen (secondary N) is 1. The molecule has 1 saturated heterocycles. The summed E-state index contributed by atoms with van der Waals surface area (Å²) in [4.78, 5) is 24.2. The second-order valence-electron chi connectivity index (χ2n) is 4.93. The van der Waals surface area contributed by atoms with Crippen LogP contribution in [0.1, 0.15) is 38.5 Å². The third-order valence-corrected chi connectivity index (χ3v) is 3.63. The number of carboxylic acids is 1. The molecule has 5 nitrogen and oxygen atoms in total. The summed E-state index contributed by atoms with van der Waals surface area (Å²) >= 11 is 0. The van der Waals surface area contributed by atoms with Crippen LogP contribution >= 0.6 is 0 Å². The van der Waals surface area contributed by atoms with Crippen molar-refractivity contribution in [2.24, 2.45) is 5.92 Å². The maximum atomic E-state index is 12.0. The van der Waals surface area contributed by atoms with Gasteiger partial charge in [0.25, 0.3) is 0 Å². The molecule has 2 aliphatic rings. The number of fused-ring (bicyclic) bond motifs is 1. The van der Waals surface area contributed by atoms with E-state index in [0.717, 1.165) is 25.1 Å². The molecule has 2 rings (SSSR count). The van der Waals surface area contributed by atoms with E-state index in [1.807, 2.05) is 0 Å². The van der Waals surface area contributed by atoms with Crippen molar-refractivity contribution in [3.63, 3.8) is 0 Å². The van der Waals surface area contributed by atoms with E-state index in [1.54, 1.807) is 4.90 Å². The lowest BCUT2D eigenvalue weighted by Crippen LogP contribution is -2.45. The van der Waals surface area contributed by atoms with Gasteiger partial charge < -0.3 is 10.4 Å². The Morgan fingerprint density at radius 2 is 2.17 bits per heavy atom. The van der Waals surface area contributed by atoms with Gasteiger partial charge in [-0.25, -0.2) is 4.79 Å². The first-order chi connectivity index (χ1) is 8.68. The number of hydrogen-bond acceptors (Lipinski definition) is 2. The SMILES string of the molecule is O=C(O)CCNC(=O)N1CCCC2CCCC=C21. The summed E-state index contributed by atoms with van der Waals surface area (Å²) in [5.74, 6) is -0.360. The highest BCUT2D eigenvalue weighted by Crippen LogP contribution is 2.34. The van der Waals surface area contributed by atoms with Gasteiger partial charge in [0, 0.05) is 18.8 Å². The largest absolute Gasteiger partial charge is 0.481 e. The highest BCUT2D eigenvalue weighted by atomic mass is 16.4. The third kappa shape index (κ3) is 3.03. The number of piperidine rings is 1. The molecular formula is C13H20N2O3. The van der Waals surface area contributed by atoms with Crippen LogP contribution in [0.4, 0.5) is 4.79 Å². The Morgan fingerprint density at radius 1 is 1.39 bits per heavy atom. The van der Waals surface area contributed by atoms with Crippen LogP contribution in [0.5, 0.6) is 0 Å². The first-order valence-corrected chi connectivity index (χ1v) is 6.65. The Bertz CT molecular complexity index is 365. The van der Waals surface area contributed by atoms with Gasteiger partial charge >= 0.3 is 12.0 Å². The Morgan fingerprint density at radius 3 is 2.94 bits per heavy atom. The second kappa shape index (κ2) is 5.89. The summed E-state index contributed by atoms with van der Waals surface area (Å²) in [5, 5.41) is 11.2. The van der Waals surface area contributed by atoms with Gasteiger partial charge in [-0.3, -0.25) is 9.69 Å². The molecule has 18 heavy (non-hydrogen) atoms. The zero-order valence-corrected chi connectivity index (χ0v) is 10.5. The predicted molar refractivity (Wildman–Crippen MR) is 67.0 cm³/mol. The molecule has 2 amide bonds. The maximum Gasteiger partial charge on any atom is 0.321 e. The van der Waals surface area contributed by atoms with Crippen LogP contribution in [-0.4, -0.2) is 35.1 Å². The van der Waals surface area contributed by atoms with E-state index in [9.17, 15) is 9.59 Å². The molecule has 100 valence electrons. The minimum absolute atomic E-state index is 0.0257. The normalized spacial score (nSPS) is 23.0. The standard InChI is InChI=1S/C13H20N2O3/c16-12(17)7-8-14-13(18)15-9-3-5-10-4-1-2-6-11(10)15/h6,10H,1-5,7-9H2,(H,14,18)(H,16,17). The molecule has 1 atom stereocenters. The Labute approximate surface area is 107 Å². The van der Waals surface area contributed by atoms with Crippen molar-refractivity contribution in [3.8, 4) is 0 Å². The van der Waals surface area contributed by atoms with Crippen LogP contribution in [0.15, 0.2) is 11.8 Å². The number of hydrogen-bond donors (Lipinski definition) is 2. The predicted octanol–water partition coefficient (Wildman–Crippen LogP) is 1.95. The summed E-state index contributed by atoms with van der Waals surface area (Å²) in [5.41, 5.74) is 1.15. The van der Waals surface area contributed by atoms with E-state index in [4.69, 9.17) is 5.11 Å². The van der Waals surface area contributed by atoms with Crippen molar-refractivity contribution < 1.29 is 14.7 Å². The van der Waals surface area contributed by atoms with E-state index < -0.39 is 5.97 Å². The summed E-state index contributed by atoms with van der Waals surface area (Å²) in [6, 6.07) is -0.144. The number of aliphatic carboxylic acids is 1.